The molecule has 2 unspecified atom stereocenters. The first-order valence-electron chi connectivity index (χ1n) is 3.49. The molecule has 54 valence electrons. The summed E-state index contributed by atoms with van der Waals surface area (Å²) >= 11 is 0. The molecule has 0 bridgehead atoms. The van der Waals surface area contributed by atoms with Gasteiger partial charge in [0.15, 0.2) is 0 Å². The fourth-order valence-electron chi connectivity index (χ4n) is 1.12. The third kappa shape index (κ3) is 1.93. The Hall–Kier alpha value is -0.120. The average Bonchev–Trinajstić information content (AvgIpc) is 1.90. The molecule has 2 atom stereocenters. The summed E-state index contributed by atoms with van der Waals surface area (Å²) in [6, 6.07) is 0.629. The van der Waals surface area contributed by atoms with Gasteiger partial charge in [-0.05, 0) is 19.9 Å². The van der Waals surface area contributed by atoms with Crippen molar-refractivity contribution in [1.29, 1.82) is 0 Å². The molecule has 1 aliphatic heterocycles. The van der Waals surface area contributed by atoms with Crippen LogP contribution >= 0.6 is 0 Å². The zero-order valence-electron chi connectivity index (χ0n) is 5.85. The molecule has 0 spiro atoms. The Kier molecular flexibility index (Phi) is 2.45. The molecule has 0 aromatic carbocycles. The normalized spacial score (nSPS) is 36.7. The van der Waals surface area contributed by atoms with Crippen molar-refractivity contribution in [3.8, 4) is 0 Å². The fraction of sp³-hybridized carbons (Fsp3) is 1.00. The van der Waals surface area contributed by atoms with Gasteiger partial charge in [0.05, 0.1) is 6.17 Å². The summed E-state index contributed by atoms with van der Waals surface area (Å²) in [6.45, 7) is 1.01. The van der Waals surface area contributed by atoms with Crippen LogP contribution in [0.15, 0.2) is 0 Å². The van der Waals surface area contributed by atoms with Crippen molar-refractivity contribution in [2.75, 3.05) is 13.6 Å². The molecule has 3 heteroatoms. The lowest BCUT2D eigenvalue weighted by Crippen LogP contribution is -2.50. The molecule has 1 heterocycles. The molecule has 0 aliphatic carbocycles. The topological polar surface area (TPSA) is 50.1 Å². The maximum absolute atomic E-state index is 5.61. The molecule has 0 aromatic heterocycles. The van der Waals surface area contributed by atoms with Gasteiger partial charge >= 0.3 is 0 Å². The van der Waals surface area contributed by atoms with Crippen LogP contribution in [0.2, 0.25) is 0 Å². The second-order valence-electron chi connectivity index (χ2n) is 2.58. The van der Waals surface area contributed by atoms with Crippen LogP contribution < -0.4 is 16.4 Å². The highest BCUT2D eigenvalue weighted by molar-refractivity contribution is 4.77. The van der Waals surface area contributed by atoms with Gasteiger partial charge in [0.2, 0.25) is 0 Å². The van der Waals surface area contributed by atoms with Gasteiger partial charge in [0, 0.05) is 12.6 Å². The first kappa shape index (κ1) is 6.99. The zero-order valence-corrected chi connectivity index (χ0v) is 5.85. The van der Waals surface area contributed by atoms with Gasteiger partial charge in [-0.2, -0.15) is 0 Å². The van der Waals surface area contributed by atoms with Crippen molar-refractivity contribution in [2.45, 2.75) is 25.0 Å². The van der Waals surface area contributed by atoms with Crippen LogP contribution in [0.25, 0.3) is 0 Å². The predicted molar refractivity (Wildman–Crippen MR) is 38.1 cm³/mol. The van der Waals surface area contributed by atoms with Crippen molar-refractivity contribution in [3.63, 3.8) is 0 Å². The van der Waals surface area contributed by atoms with Gasteiger partial charge in [-0.15, -0.1) is 0 Å². The van der Waals surface area contributed by atoms with E-state index in [9.17, 15) is 0 Å². The van der Waals surface area contributed by atoms with Crippen molar-refractivity contribution in [2.24, 2.45) is 5.73 Å². The Morgan fingerprint density at radius 2 is 2.33 bits per heavy atom. The molecule has 1 fully saturated rings. The minimum absolute atomic E-state index is 0.231. The second-order valence-corrected chi connectivity index (χ2v) is 2.58. The maximum atomic E-state index is 5.61. The van der Waals surface area contributed by atoms with Crippen LogP contribution in [0.5, 0.6) is 0 Å². The van der Waals surface area contributed by atoms with Gasteiger partial charge in [0.1, 0.15) is 0 Å². The molecule has 1 rings (SSSR count). The van der Waals surface area contributed by atoms with Crippen LogP contribution in [0.1, 0.15) is 12.8 Å². The molecule has 3 nitrogen and oxygen atoms in total. The summed E-state index contributed by atoms with van der Waals surface area (Å²) in [7, 11) is 1.99. The first-order valence-corrected chi connectivity index (χ1v) is 3.49. The van der Waals surface area contributed by atoms with E-state index in [0.29, 0.717) is 6.04 Å². The number of hydrogen-bond donors (Lipinski definition) is 3. The summed E-state index contributed by atoms with van der Waals surface area (Å²) in [4.78, 5) is 0. The highest BCUT2D eigenvalue weighted by Crippen LogP contribution is 2.02. The molecular weight excluding hydrogens is 114 g/mol. The average molecular weight is 129 g/mol. The van der Waals surface area contributed by atoms with E-state index in [-0.39, 0.29) is 6.17 Å². The van der Waals surface area contributed by atoms with E-state index >= 15 is 0 Å². The number of likely N-dealkylation sites (N-methyl/N-ethyl adjacent to an activating group) is 1. The molecule has 1 saturated heterocycles. The third-order valence-corrected chi connectivity index (χ3v) is 1.86. The van der Waals surface area contributed by atoms with Crippen molar-refractivity contribution in [1.82, 2.24) is 10.6 Å². The van der Waals surface area contributed by atoms with E-state index in [1.54, 1.807) is 0 Å². The molecule has 0 aromatic rings. The van der Waals surface area contributed by atoms with Crippen LogP contribution in [-0.4, -0.2) is 25.8 Å². The minimum Gasteiger partial charge on any atom is -0.316 e. The SMILES string of the molecule is CNC1CCC(N)NC1. The van der Waals surface area contributed by atoms with Crippen LogP contribution in [0, 0.1) is 0 Å². The zero-order chi connectivity index (χ0) is 6.69. The van der Waals surface area contributed by atoms with E-state index in [1.165, 1.54) is 6.42 Å². The monoisotopic (exact) mass is 129 g/mol. The standard InChI is InChI=1S/C6H15N3/c1-8-5-2-3-6(7)9-4-5/h5-6,8-9H,2-4,7H2,1H3. The predicted octanol–water partition coefficient (Wildman–Crippen LogP) is -0.757. The van der Waals surface area contributed by atoms with Crippen molar-refractivity contribution >= 4 is 0 Å². The molecule has 4 N–H and O–H groups in total. The van der Waals surface area contributed by atoms with E-state index < -0.39 is 0 Å². The Balaban J connectivity index is 2.18. The Labute approximate surface area is 56.0 Å². The van der Waals surface area contributed by atoms with E-state index in [1.807, 2.05) is 7.05 Å². The van der Waals surface area contributed by atoms with Gasteiger partial charge in [0.25, 0.3) is 0 Å². The lowest BCUT2D eigenvalue weighted by molar-refractivity contribution is 0.343. The second kappa shape index (κ2) is 3.15. The summed E-state index contributed by atoms with van der Waals surface area (Å²) in [5.74, 6) is 0. The van der Waals surface area contributed by atoms with Crippen molar-refractivity contribution < 1.29 is 0 Å². The lowest BCUT2D eigenvalue weighted by atomic mass is 10.1. The Bertz CT molecular complexity index is 76.4. The minimum atomic E-state index is 0.231. The smallest absolute Gasteiger partial charge is 0.0547 e. The summed E-state index contributed by atoms with van der Waals surface area (Å²) in [6.07, 6.45) is 2.52. The molecule has 0 amide bonds. The van der Waals surface area contributed by atoms with Crippen LogP contribution in [0.4, 0.5) is 0 Å². The largest absolute Gasteiger partial charge is 0.316 e. The number of nitrogens with one attached hydrogen (secondary N) is 2. The molecule has 9 heavy (non-hydrogen) atoms. The van der Waals surface area contributed by atoms with Gasteiger partial charge in [-0.3, -0.25) is 0 Å². The summed E-state index contributed by atoms with van der Waals surface area (Å²) in [5.41, 5.74) is 5.61. The fourth-order valence-corrected chi connectivity index (χ4v) is 1.12. The molecule has 0 saturated carbocycles. The van der Waals surface area contributed by atoms with Crippen molar-refractivity contribution in [3.05, 3.63) is 0 Å². The van der Waals surface area contributed by atoms with Gasteiger partial charge in [-0.25, -0.2) is 0 Å². The number of nitrogens with two attached hydrogens (primary N) is 1. The Morgan fingerprint density at radius 3 is 2.78 bits per heavy atom. The number of hydrogen-bond acceptors (Lipinski definition) is 3. The van der Waals surface area contributed by atoms with E-state index in [0.717, 1.165) is 13.0 Å². The number of rotatable bonds is 1. The molecule has 0 radical (unpaired) electrons. The maximum Gasteiger partial charge on any atom is 0.0547 e. The lowest BCUT2D eigenvalue weighted by Gasteiger charge is -2.26. The molecule has 1 aliphatic rings. The quantitative estimate of drug-likeness (QED) is 0.436. The third-order valence-electron chi connectivity index (χ3n) is 1.86. The van der Waals surface area contributed by atoms with E-state index in [4.69, 9.17) is 5.73 Å². The Morgan fingerprint density at radius 1 is 1.56 bits per heavy atom. The highest BCUT2D eigenvalue weighted by atomic mass is 15.1. The van der Waals surface area contributed by atoms with Gasteiger partial charge in [-0.1, -0.05) is 0 Å². The highest BCUT2D eigenvalue weighted by Gasteiger charge is 2.14. The van der Waals surface area contributed by atoms with Gasteiger partial charge < -0.3 is 16.4 Å². The number of piperidine rings is 1. The van der Waals surface area contributed by atoms with Crippen LogP contribution in [0.3, 0.4) is 0 Å². The first-order chi connectivity index (χ1) is 4.33. The van der Waals surface area contributed by atoms with E-state index in [2.05, 4.69) is 10.6 Å². The summed E-state index contributed by atoms with van der Waals surface area (Å²) in [5, 5.41) is 6.40. The van der Waals surface area contributed by atoms with Crippen LogP contribution in [-0.2, 0) is 0 Å². The summed E-state index contributed by atoms with van der Waals surface area (Å²) < 4.78 is 0. The molecular formula is C6H15N3.